The number of fused-ring (bicyclic) bond motifs is 2. The molecule has 2 aromatic carbocycles. The number of benzene rings is 2. The van der Waals surface area contributed by atoms with Crippen LogP contribution in [0.2, 0.25) is 0 Å². The molecule has 0 aliphatic carbocycles. The van der Waals surface area contributed by atoms with Gasteiger partial charge in [-0.3, -0.25) is 9.59 Å². The van der Waals surface area contributed by atoms with Crippen LogP contribution in [0.1, 0.15) is 10.4 Å². The first-order valence-electron chi connectivity index (χ1n) is 7.54. The number of nitrogens with one attached hydrogen (secondary N) is 1. The molecule has 1 aliphatic rings. The van der Waals surface area contributed by atoms with E-state index in [1.54, 1.807) is 12.1 Å². The van der Waals surface area contributed by atoms with Crippen molar-refractivity contribution in [2.24, 2.45) is 5.73 Å². The van der Waals surface area contributed by atoms with E-state index < -0.39 is 5.91 Å². The smallest absolute Gasteiger partial charge is 0.262 e. The third-order valence-corrected chi connectivity index (χ3v) is 4.67. The van der Waals surface area contributed by atoms with Gasteiger partial charge in [-0.1, -0.05) is 30.0 Å². The molecule has 2 heterocycles. The number of nitrogens with zero attached hydrogens (tertiary/aromatic N) is 1. The van der Waals surface area contributed by atoms with E-state index in [1.807, 2.05) is 36.4 Å². The van der Waals surface area contributed by atoms with Crippen molar-refractivity contribution < 1.29 is 14.3 Å². The lowest BCUT2D eigenvalue weighted by molar-refractivity contribution is -0.118. The van der Waals surface area contributed by atoms with E-state index in [9.17, 15) is 9.59 Å². The third kappa shape index (κ3) is 3.01. The minimum absolute atomic E-state index is 0.0215. The predicted octanol–water partition coefficient (Wildman–Crippen LogP) is 2.82. The van der Waals surface area contributed by atoms with Gasteiger partial charge in [-0.15, -0.1) is 0 Å². The van der Waals surface area contributed by atoms with Gasteiger partial charge in [0, 0.05) is 10.3 Å². The minimum Gasteiger partial charge on any atom is -0.482 e. The number of pyridine rings is 1. The Hall–Kier alpha value is -3.06. The van der Waals surface area contributed by atoms with Crippen LogP contribution in [0.25, 0.3) is 10.9 Å². The largest absolute Gasteiger partial charge is 0.482 e. The summed E-state index contributed by atoms with van der Waals surface area (Å²) < 4.78 is 5.35. The van der Waals surface area contributed by atoms with Crippen molar-refractivity contribution in [3.63, 3.8) is 0 Å². The normalized spacial score (nSPS) is 13.0. The van der Waals surface area contributed by atoms with Crippen LogP contribution >= 0.6 is 11.8 Å². The molecule has 0 saturated heterocycles. The lowest BCUT2D eigenvalue weighted by Crippen LogP contribution is -2.25. The van der Waals surface area contributed by atoms with Crippen molar-refractivity contribution in [1.29, 1.82) is 0 Å². The van der Waals surface area contributed by atoms with E-state index in [2.05, 4.69) is 10.3 Å². The van der Waals surface area contributed by atoms with Crippen LogP contribution in [0.3, 0.4) is 0 Å². The van der Waals surface area contributed by atoms with Gasteiger partial charge in [0.15, 0.2) is 6.61 Å². The Morgan fingerprint density at radius 2 is 2.04 bits per heavy atom. The van der Waals surface area contributed by atoms with Gasteiger partial charge in [-0.2, -0.15) is 0 Å². The molecule has 0 unspecified atom stereocenters. The number of ether oxygens (including phenoxy) is 1. The van der Waals surface area contributed by atoms with Crippen LogP contribution in [0.15, 0.2) is 58.5 Å². The molecule has 0 atom stereocenters. The van der Waals surface area contributed by atoms with Gasteiger partial charge in [-0.05, 0) is 30.3 Å². The van der Waals surface area contributed by atoms with Gasteiger partial charge >= 0.3 is 0 Å². The highest BCUT2D eigenvalue weighted by atomic mass is 32.2. The summed E-state index contributed by atoms with van der Waals surface area (Å²) in [5.74, 6) is -0.0469. The van der Waals surface area contributed by atoms with Gasteiger partial charge < -0.3 is 15.8 Å². The van der Waals surface area contributed by atoms with Crippen molar-refractivity contribution in [3.8, 4) is 5.75 Å². The second-order valence-electron chi connectivity index (χ2n) is 5.49. The number of para-hydroxylation sites is 1. The first-order valence-corrected chi connectivity index (χ1v) is 8.36. The summed E-state index contributed by atoms with van der Waals surface area (Å²) in [6.45, 7) is 0.0215. The fourth-order valence-corrected chi connectivity index (χ4v) is 3.53. The highest BCUT2D eigenvalue weighted by molar-refractivity contribution is 7.99. The molecular formula is C18H13N3O3S. The number of nitrogens with two attached hydrogens (primary N) is 1. The zero-order chi connectivity index (χ0) is 17.4. The summed E-state index contributed by atoms with van der Waals surface area (Å²) in [5, 5.41) is 4.15. The zero-order valence-electron chi connectivity index (χ0n) is 13.0. The number of hydrogen-bond acceptors (Lipinski definition) is 5. The minimum atomic E-state index is -0.494. The van der Waals surface area contributed by atoms with Crippen molar-refractivity contribution >= 4 is 40.2 Å². The Morgan fingerprint density at radius 3 is 2.88 bits per heavy atom. The van der Waals surface area contributed by atoms with Gasteiger partial charge in [0.1, 0.15) is 10.8 Å². The number of anilines is 1. The van der Waals surface area contributed by atoms with Crippen LogP contribution in [-0.4, -0.2) is 23.4 Å². The quantitative estimate of drug-likeness (QED) is 0.757. The van der Waals surface area contributed by atoms with E-state index >= 15 is 0 Å². The molecule has 2 amide bonds. The average Bonchev–Trinajstić information content (AvgIpc) is 2.60. The highest BCUT2D eigenvalue weighted by Crippen LogP contribution is 2.35. The van der Waals surface area contributed by atoms with Gasteiger partial charge in [-0.25, -0.2) is 4.98 Å². The maximum Gasteiger partial charge on any atom is 0.262 e. The van der Waals surface area contributed by atoms with Crippen molar-refractivity contribution in [2.75, 3.05) is 11.9 Å². The molecular weight excluding hydrogens is 338 g/mol. The third-order valence-electron chi connectivity index (χ3n) is 3.76. The Bertz CT molecular complexity index is 1020. The number of carbonyl (C=O) groups is 2. The number of aromatic nitrogens is 1. The van der Waals surface area contributed by atoms with Gasteiger partial charge in [0.2, 0.25) is 5.91 Å². The maximum atomic E-state index is 11.8. The van der Waals surface area contributed by atoms with Crippen molar-refractivity contribution in [3.05, 3.63) is 54.1 Å². The van der Waals surface area contributed by atoms with Crippen LogP contribution in [-0.2, 0) is 4.79 Å². The van der Waals surface area contributed by atoms with Gasteiger partial charge in [0.25, 0.3) is 5.91 Å². The Morgan fingerprint density at radius 1 is 1.20 bits per heavy atom. The van der Waals surface area contributed by atoms with Crippen LogP contribution in [0, 0.1) is 0 Å². The van der Waals surface area contributed by atoms with Gasteiger partial charge in [0.05, 0.1) is 16.8 Å². The number of rotatable bonds is 3. The van der Waals surface area contributed by atoms with Crippen molar-refractivity contribution in [2.45, 2.75) is 9.92 Å². The number of hydrogen-bond donors (Lipinski definition) is 2. The standard InChI is InChI=1S/C18H13N3O3S/c19-18(23)12-8-17(21-13-4-2-1-3-11(12)13)25-10-5-6-15-14(7-10)20-16(22)9-24-15/h1-8H,9H2,(H2,19,23)(H,20,22). The van der Waals surface area contributed by atoms with Crippen molar-refractivity contribution in [1.82, 2.24) is 4.98 Å². The molecule has 3 aromatic rings. The zero-order valence-corrected chi connectivity index (χ0v) is 13.8. The summed E-state index contributed by atoms with van der Waals surface area (Å²) in [7, 11) is 0. The monoisotopic (exact) mass is 351 g/mol. The van der Waals surface area contributed by atoms with E-state index in [-0.39, 0.29) is 12.5 Å². The van der Waals surface area contributed by atoms with Crippen LogP contribution in [0.5, 0.6) is 5.75 Å². The molecule has 3 N–H and O–H groups in total. The Labute approximate surface area is 147 Å². The first kappa shape index (κ1) is 15.5. The lowest BCUT2D eigenvalue weighted by Gasteiger charge is -2.18. The molecule has 124 valence electrons. The van der Waals surface area contributed by atoms with E-state index in [1.165, 1.54) is 11.8 Å². The van der Waals surface area contributed by atoms with Crippen LogP contribution in [0.4, 0.5) is 5.69 Å². The molecule has 0 saturated carbocycles. The predicted molar refractivity (Wildman–Crippen MR) is 95.0 cm³/mol. The fraction of sp³-hybridized carbons (Fsp3) is 0.0556. The van der Waals surface area contributed by atoms with E-state index in [4.69, 9.17) is 10.5 Å². The highest BCUT2D eigenvalue weighted by Gasteiger charge is 2.17. The lowest BCUT2D eigenvalue weighted by atomic mass is 10.1. The Balaban J connectivity index is 1.72. The molecule has 25 heavy (non-hydrogen) atoms. The fourth-order valence-electron chi connectivity index (χ4n) is 2.65. The summed E-state index contributed by atoms with van der Waals surface area (Å²) in [5.41, 5.74) is 7.27. The van der Waals surface area contributed by atoms with E-state index in [0.29, 0.717) is 27.5 Å². The molecule has 7 heteroatoms. The topological polar surface area (TPSA) is 94.3 Å². The summed E-state index contributed by atoms with van der Waals surface area (Å²) in [4.78, 5) is 28.7. The summed E-state index contributed by atoms with van der Waals surface area (Å²) >= 11 is 1.38. The number of primary amides is 1. The maximum absolute atomic E-state index is 11.8. The van der Waals surface area contributed by atoms with Crippen LogP contribution < -0.4 is 15.8 Å². The second-order valence-corrected chi connectivity index (χ2v) is 6.58. The molecule has 1 aliphatic heterocycles. The molecule has 6 nitrogen and oxygen atoms in total. The molecule has 0 radical (unpaired) electrons. The van der Waals surface area contributed by atoms with E-state index in [0.717, 1.165) is 10.3 Å². The molecule has 4 rings (SSSR count). The molecule has 1 aromatic heterocycles. The number of carbonyl (C=O) groups excluding carboxylic acids is 2. The second kappa shape index (κ2) is 6.10. The average molecular weight is 351 g/mol. The summed E-state index contributed by atoms with van der Waals surface area (Å²) in [6.07, 6.45) is 0. The molecule has 0 fully saturated rings. The number of amides is 2. The SMILES string of the molecule is NC(=O)c1cc(Sc2ccc3c(c2)NC(=O)CO3)nc2ccccc12. The summed E-state index contributed by atoms with van der Waals surface area (Å²) in [6, 6.07) is 14.5. The molecule has 0 spiro atoms. The Kier molecular flexibility index (Phi) is 3.77. The first-order chi connectivity index (χ1) is 12.1. The molecule has 0 bridgehead atoms.